The molecule has 4 nitrogen and oxygen atoms in total. The number of carbonyl (C=O) groups is 1. The molecule has 2 N–H and O–H groups in total. The topological polar surface area (TPSA) is 66.0 Å². The summed E-state index contributed by atoms with van der Waals surface area (Å²) in [4.78, 5) is 18.4. The molecule has 0 saturated carbocycles. The van der Waals surface area contributed by atoms with Crippen LogP contribution in [0.15, 0.2) is 34.8 Å². The quantitative estimate of drug-likeness (QED) is 0.700. The molecule has 0 saturated heterocycles. The van der Waals surface area contributed by atoms with Crippen molar-refractivity contribution < 1.29 is 14.3 Å². The first-order valence-electron chi connectivity index (χ1n) is 5.83. The van der Waals surface area contributed by atoms with Crippen LogP contribution < -0.4 is 0 Å². The van der Waals surface area contributed by atoms with Gasteiger partial charge >= 0.3 is 5.97 Å². The summed E-state index contributed by atoms with van der Waals surface area (Å²) >= 11 is 9.25. The first kappa shape index (κ1) is 14.0. The Morgan fingerprint density at radius 3 is 2.76 bits per heavy atom. The molecule has 3 aromatic rings. The van der Waals surface area contributed by atoms with Crippen molar-refractivity contribution in [1.29, 1.82) is 0 Å². The van der Waals surface area contributed by atoms with Gasteiger partial charge in [-0.2, -0.15) is 0 Å². The van der Waals surface area contributed by atoms with Gasteiger partial charge in [-0.05, 0) is 46.3 Å². The first-order valence-corrected chi connectivity index (χ1v) is 7.01. The largest absolute Gasteiger partial charge is 0.478 e. The van der Waals surface area contributed by atoms with Gasteiger partial charge in [-0.15, -0.1) is 0 Å². The zero-order valence-electron chi connectivity index (χ0n) is 10.3. The molecule has 3 rings (SSSR count). The van der Waals surface area contributed by atoms with Gasteiger partial charge in [-0.3, -0.25) is 0 Å². The number of hydrogen-bond donors (Lipinski definition) is 2. The van der Waals surface area contributed by atoms with Crippen LogP contribution in [-0.4, -0.2) is 21.0 Å². The van der Waals surface area contributed by atoms with E-state index in [2.05, 4.69) is 25.9 Å². The molecule has 0 aliphatic carbocycles. The Bertz CT molecular complexity index is 879. The van der Waals surface area contributed by atoms with Crippen molar-refractivity contribution in [1.82, 2.24) is 9.97 Å². The lowest BCUT2D eigenvalue weighted by atomic mass is 10.2. The van der Waals surface area contributed by atoms with Gasteiger partial charge in [-0.1, -0.05) is 11.6 Å². The Labute approximate surface area is 131 Å². The minimum atomic E-state index is -1.23. The number of nitrogens with zero attached hydrogens (tertiary/aromatic N) is 1. The monoisotopic (exact) mass is 368 g/mol. The Balaban J connectivity index is 2.26. The molecular weight excluding hydrogens is 363 g/mol. The number of aromatic amines is 1. The fraction of sp³-hybridized carbons (Fsp3) is 0. The number of rotatable bonds is 2. The first-order chi connectivity index (χ1) is 9.95. The predicted octanol–water partition coefficient (Wildman–Crippen LogP) is 4.48. The average molecular weight is 370 g/mol. The Hall–Kier alpha value is -1.92. The van der Waals surface area contributed by atoms with Crippen molar-refractivity contribution in [2.75, 3.05) is 0 Å². The number of H-pyrrole nitrogens is 1. The number of imidazole rings is 1. The summed E-state index contributed by atoms with van der Waals surface area (Å²) in [5.41, 5.74) is 1.05. The van der Waals surface area contributed by atoms with E-state index in [-0.39, 0.29) is 11.1 Å². The molecule has 1 aromatic heterocycles. The molecule has 0 spiro atoms. The second-order valence-electron chi connectivity index (χ2n) is 4.36. The number of nitrogens with one attached hydrogen (secondary N) is 1. The Kier molecular flexibility index (Phi) is 3.43. The number of hydrogen-bond acceptors (Lipinski definition) is 2. The number of aromatic carboxylic acids is 1. The van der Waals surface area contributed by atoms with Crippen LogP contribution in [0, 0.1) is 5.82 Å². The van der Waals surface area contributed by atoms with E-state index in [4.69, 9.17) is 16.7 Å². The lowest BCUT2D eigenvalue weighted by molar-refractivity contribution is 0.0698. The molecule has 106 valence electrons. The van der Waals surface area contributed by atoms with E-state index in [0.717, 1.165) is 6.07 Å². The zero-order chi connectivity index (χ0) is 15.1. The zero-order valence-corrected chi connectivity index (χ0v) is 12.7. The number of fused-ring (bicyclic) bond motifs is 1. The summed E-state index contributed by atoms with van der Waals surface area (Å²) < 4.78 is 14.2. The molecule has 0 amide bonds. The number of benzene rings is 2. The number of carboxylic acids is 1. The van der Waals surface area contributed by atoms with Crippen LogP contribution >= 0.6 is 27.5 Å². The molecule has 21 heavy (non-hydrogen) atoms. The van der Waals surface area contributed by atoms with Gasteiger partial charge in [0.15, 0.2) is 0 Å². The maximum atomic E-state index is 13.5. The van der Waals surface area contributed by atoms with Gasteiger partial charge in [0.2, 0.25) is 0 Å². The van der Waals surface area contributed by atoms with Crippen molar-refractivity contribution in [3.8, 4) is 11.4 Å². The van der Waals surface area contributed by atoms with Crippen LogP contribution in [0.2, 0.25) is 5.02 Å². The highest BCUT2D eigenvalue weighted by atomic mass is 79.9. The third-order valence-electron chi connectivity index (χ3n) is 2.97. The Morgan fingerprint density at radius 2 is 2.10 bits per heavy atom. The normalized spacial score (nSPS) is 11.0. The standard InChI is InChI=1S/C14H7BrClFN2O2/c15-10-3-6(16)1-2-8(10)13-18-11-5-7(17)4-9(14(20)21)12(11)19-13/h1-5H,(H,18,19)(H,20,21). The van der Waals surface area contributed by atoms with E-state index in [1.807, 2.05) is 0 Å². The van der Waals surface area contributed by atoms with E-state index < -0.39 is 11.8 Å². The maximum absolute atomic E-state index is 13.5. The smallest absolute Gasteiger partial charge is 0.338 e. The predicted molar refractivity (Wildman–Crippen MR) is 81.2 cm³/mol. The van der Waals surface area contributed by atoms with E-state index >= 15 is 0 Å². The van der Waals surface area contributed by atoms with Gasteiger partial charge in [0.25, 0.3) is 0 Å². The fourth-order valence-corrected chi connectivity index (χ4v) is 2.92. The minimum absolute atomic E-state index is 0.183. The lowest BCUT2D eigenvalue weighted by Crippen LogP contribution is -1.98. The summed E-state index contributed by atoms with van der Waals surface area (Å²) in [6.45, 7) is 0. The molecule has 0 aliphatic heterocycles. The van der Waals surface area contributed by atoms with Gasteiger partial charge < -0.3 is 10.1 Å². The summed E-state index contributed by atoms with van der Waals surface area (Å²) in [5, 5.41) is 9.69. The van der Waals surface area contributed by atoms with Crippen LogP contribution in [0.5, 0.6) is 0 Å². The molecule has 0 unspecified atom stereocenters. The number of aromatic nitrogens is 2. The SMILES string of the molecule is O=C(O)c1cc(F)cc2[nH]c(-c3ccc(Cl)cc3Br)nc12. The van der Waals surface area contributed by atoms with Gasteiger partial charge in [0, 0.05) is 15.1 Å². The molecule has 0 atom stereocenters. The van der Waals surface area contributed by atoms with Crippen molar-refractivity contribution in [2.24, 2.45) is 0 Å². The highest BCUT2D eigenvalue weighted by molar-refractivity contribution is 9.10. The molecule has 1 heterocycles. The van der Waals surface area contributed by atoms with Gasteiger partial charge in [0.1, 0.15) is 17.2 Å². The van der Waals surface area contributed by atoms with Gasteiger partial charge in [-0.25, -0.2) is 14.2 Å². The van der Waals surface area contributed by atoms with E-state index in [1.165, 1.54) is 6.07 Å². The van der Waals surface area contributed by atoms with Crippen molar-refractivity contribution >= 4 is 44.5 Å². The van der Waals surface area contributed by atoms with Gasteiger partial charge in [0.05, 0.1) is 11.1 Å². The summed E-state index contributed by atoms with van der Waals surface area (Å²) in [7, 11) is 0. The second-order valence-corrected chi connectivity index (χ2v) is 5.66. The molecule has 0 fully saturated rings. The van der Waals surface area contributed by atoms with Crippen molar-refractivity contribution in [2.45, 2.75) is 0 Å². The summed E-state index contributed by atoms with van der Waals surface area (Å²) in [6.07, 6.45) is 0. The lowest BCUT2D eigenvalue weighted by Gasteiger charge is -2.00. The van der Waals surface area contributed by atoms with Crippen molar-refractivity contribution in [3.63, 3.8) is 0 Å². The second kappa shape index (κ2) is 5.13. The summed E-state index contributed by atoms with van der Waals surface area (Å²) in [6, 6.07) is 7.28. The van der Waals surface area contributed by atoms with E-state index in [9.17, 15) is 9.18 Å². The third kappa shape index (κ3) is 2.52. The molecule has 0 bridgehead atoms. The van der Waals surface area contributed by atoms with Crippen molar-refractivity contribution in [3.05, 3.63) is 51.2 Å². The number of carboxylic acid groups (broad SMARTS) is 1. The average Bonchev–Trinajstić information content (AvgIpc) is 2.80. The molecule has 0 radical (unpaired) electrons. The van der Waals surface area contributed by atoms with Crippen LogP contribution in [0.1, 0.15) is 10.4 Å². The van der Waals surface area contributed by atoms with Crippen LogP contribution in [-0.2, 0) is 0 Å². The molecule has 0 aliphatic rings. The highest BCUT2D eigenvalue weighted by Gasteiger charge is 2.16. The third-order valence-corrected chi connectivity index (χ3v) is 3.86. The molecule has 7 heteroatoms. The minimum Gasteiger partial charge on any atom is -0.478 e. The molecular formula is C14H7BrClFN2O2. The van der Waals surface area contributed by atoms with Crippen LogP contribution in [0.25, 0.3) is 22.4 Å². The highest BCUT2D eigenvalue weighted by Crippen LogP contribution is 2.31. The fourth-order valence-electron chi connectivity index (χ4n) is 2.05. The van der Waals surface area contributed by atoms with Crippen LogP contribution in [0.4, 0.5) is 4.39 Å². The summed E-state index contributed by atoms with van der Waals surface area (Å²) in [5.74, 6) is -1.43. The molecule has 2 aromatic carbocycles. The maximum Gasteiger partial charge on any atom is 0.338 e. The van der Waals surface area contributed by atoms with E-state index in [1.54, 1.807) is 18.2 Å². The Morgan fingerprint density at radius 1 is 1.33 bits per heavy atom. The van der Waals surface area contributed by atoms with Crippen LogP contribution in [0.3, 0.4) is 0 Å². The number of halogens is 3. The van der Waals surface area contributed by atoms with E-state index in [0.29, 0.717) is 26.4 Å².